The lowest BCUT2D eigenvalue weighted by Crippen LogP contribution is -2.27. The van der Waals surface area contributed by atoms with Gasteiger partial charge in [0, 0.05) is 18.7 Å². The fourth-order valence-corrected chi connectivity index (χ4v) is 3.48. The molecule has 0 fully saturated rings. The van der Waals surface area contributed by atoms with Crippen LogP contribution in [0.4, 0.5) is 11.4 Å². The number of nitrogens with one attached hydrogen (secondary N) is 2. The monoisotopic (exact) mass is 421 g/mol. The van der Waals surface area contributed by atoms with Gasteiger partial charge < -0.3 is 10.1 Å². The van der Waals surface area contributed by atoms with Crippen molar-refractivity contribution in [2.45, 2.75) is 25.7 Å². The standard InChI is InChI=1S/C19H23N3O6S/c1-13(2)11-20-29(26,27)17-8-6-16(7-9-17)28-12-19(23)21-18-10-15(22(24)25)5-4-14(18)3/h4-10,13,20H,11-12H2,1-3H3,(H,21,23). The number of non-ortho nitro benzene ring substituents is 1. The van der Waals surface area contributed by atoms with E-state index in [2.05, 4.69) is 10.0 Å². The number of nitro benzene ring substituents is 1. The molecule has 0 aliphatic heterocycles. The molecule has 2 aromatic carbocycles. The molecule has 156 valence electrons. The zero-order valence-corrected chi connectivity index (χ0v) is 17.2. The molecule has 0 aliphatic carbocycles. The lowest BCUT2D eigenvalue weighted by atomic mass is 10.2. The molecule has 2 aromatic rings. The van der Waals surface area contributed by atoms with Crippen molar-refractivity contribution in [3.05, 3.63) is 58.1 Å². The second-order valence-electron chi connectivity index (χ2n) is 6.81. The van der Waals surface area contributed by atoms with E-state index in [1.54, 1.807) is 13.0 Å². The Morgan fingerprint density at radius 1 is 1.17 bits per heavy atom. The van der Waals surface area contributed by atoms with E-state index in [1.165, 1.54) is 36.4 Å². The summed E-state index contributed by atoms with van der Waals surface area (Å²) in [5.41, 5.74) is 0.868. The van der Waals surface area contributed by atoms with Crippen LogP contribution in [0, 0.1) is 23.0 Å². The Bertz CT molecular complexity index is 988. The van der Waals surface area contributed by atoms with E-state index >= 15 is 0 Å². The Kier molecular flexibility index (Phi) is 7.29. The van der Waals surface area contributed by atoms with Gasteiger partial charge in [0.15, 0.2) is 6.61 Å². The van der Waals surface area contributed by atoms with Crippen molar-refractivity contribution in [2.75, 3.05) is 18.5 Å². The number of nitro groups is 1. The van der Waals surface area contributed by atoms with Gasteiger partial charge in [-0.1, -0.05) is 19.9 Å². The maximum atomic E-state index is 12.2. The van der Waals surface area contributed by atoms with Gasteiger partial charge in [0.05, 0.1) is 15.5 Å². The Morgan fingerprint density at radius 2 is 1.83 bits per heavy atom. The number of anilines is 1. The minimum absolute atomic E-state index is 0.0992. The van der Waals surface area contributed by atoms with Crippen molar-refractivity contribution in [3.63, 3.8) is 0 Å². The Labute approximate surface area is 169 Å². The van der Waals surface area contributed by atoms with E-state index in [0.717, 1.165) is 0 Å². The number of nitrogens with zero attached hydrogens (tertiary/aromatic N) is 1. The summed E-state index contributed by atoms with van der Waals surface area (Å²) in [6.45, 7) is 5.52. The molecule has 0 aromatic heterocycles. The van der Waals surface area contributed by atoms with Crippen LogP contribution < -0.4 is 14.8 Å². The molecule has 0 bridgehead atoms. The van der Waals surface area contributed by atoms with E-state index < -0.39 is 20.9 Å². The van der Waals surface area contributed by atoms with Gasteiger partial charge >= 0.3 is 0 Å². The normalized spacial score (nSPS) is 11.3. The SMILES string of the molecule is Cc1ccc([N+](=O)[O-])cc1NC(=O)COc1ccc(S(=O)(=O)NCC(C)C)cc1. The molecule has 2 rings (SSSR count). The van der Waals surface area contributed by atoms with Crippen LogP contribution in [-0.4, -0.2) is 32.4 Å². The molecule has 0 aliphatic rings. The Balaban J connectivity index is 1.96. The molecule has 29 heavy (non-hydrogen) atoms. The van der Waals surface area contributed by atoms with E-state index in [9.17, 15) is 23.3 Å². The highest BCUT2D eigenvalue weighted by atomic mass is 32.2. The van der Waals surface area contributed by atoms with Gasteiger partial charge in [0.2, 0.25) is 10.0 Å². The van der Waals surface area contributed by atoms with Crippen LogP contribution in [0.3, 0.4) is 0 Å². The van der Waals surface area contributed by atoms with E-state index in [1.807, 2.05) is 13.8 Å². The third-order valence-corrected chi connectivity index (χ3v) is 5.33. The van der Waals surface area contributed by atoms with E-state index in [0.29, 0.717) is 23.5 Å². The minimum atomic E-state index is -3.60. The number of rotatable bonds is 9. The van der Waals surface area contributed by atoms with E-state index in [4.69, 9.17) is 4.74 Å². The summed E-state index contributed by atoms with van der Waals surface area (Å²) in [6, 6.07) is 9.86. The first kappa shape index (κ1) is 22.3. The van der Waals surface area contributed by atoms with Gasteiger partial charge in [-0.25, -0.2) is 13.1 Å². The summed E-state index contributed by atoms with van der Waals surface area (Å²) in [6.07, 6.45) is 0. The molecule has 1 amide bonds. The fourth-order valence-electron chi connectivity index (χ4n) is 2.27. The van der Waals surface area contributed by atoms with Crippen LogP contribution in [0.1, 0.15) is 19.4 Å². The molecule has 0 saturated carbocycles. The van der Waals surface area contributed by atoms with Crippen LogP contribution in [0.5, 0.6) is 5.75 Å². The predicted molar refractivity (Wildman–Crippen MR) is 108 cm³/mol. The number of benzene rings is 2. The van der Waals surface area contributed by atoms with Crippen LogP contribution in [0.15, 0.2) is 47.4 Å². The van der Waals surface area contributed by atoms with Crippen LogP contribution in [0.2, 0.25) is 0 Å². The smallest absolute Gasteiger partial charge is 0.271 e. The summed E-state index contributed by atoms with van der Waals surface area (Å²) in [4.78, 5) is 22.5. The third kappa shape index (κ3) is 6.54. The molecule has 2 N–H and O–H groups in total. The zero-order chi connectivity index (χ0) is 21.6. The average molecular weight is 421 g/mol. The molecular formula is C19H23N3O6S. The van der Waals surface area contributed by atoms with Crippen LogP contribution in [0.25, 0.3) is 0 Å². The fraction of sp³-hybridized carbons (Fsp3) is 0.316. The van der Waals surface area contributed by atoms with Gasteiger partial charge in [-0.3, -0.25) is 14.9 Å². The van der Waals surface area contributed by atoms with Gasteiger partial charge in [0.1, 0.15) is 5.75 Å². The molecule has 0 radical (unpaired) electrons. The molecule has 9 nitrogen and oxygen atoms in total. The van der Waals surface area contributed by atoms with Crippen molar-refractivity contribution in [3.8, 4) is 5.75 Å². The lowest BCUT2D eigenvalue weighted by Gasteiger charge is -2.11. The van der Waals surface area contributed by atoms with Crippen molar-refractivity contribution >= 4 is 27.3 Å². The predicted octanol–water partition coefficient (Wildman–Crippen LogP) is 2.86. The molecule has 0 heterocycles. The van der Waals surface area contributed by atoms with Crippen molar-refractivity contribution in [2.24, 2.45) is 5.92 Å². The van der Waals surface area contributed by atoms with Crippen LogP contribution >= 0.6 is 0 Å². The number of aryl methyl sites for hydroxylation is 1. The number of carbonyl (C=O) groups is 1. The highest BCUT2D eigenvalue weighted by Gasteiger charge is 2.15. The first-order chi connectivity index (χ1) is 13.6. The van der Waals surface area contributed by atoms with Gasteiger partial charge in [-0.15, -0.1) is 0 Å². The quantitative estimate of drug-likeness (QED) is 0.473. The largest absolute Gasteiger partial charge is 0.484 e. The maximum absolute atomic E-state index is 12.2. The Hall–Kier alpha value is -2.98. The molecule has 10 heteroatoms. The second-order valence-corrected chi connectivity index (χ2v) is 8.58. The van der Waals surface area contributed by atoms with Crippen molar-refractivity contribution < 1.29 is 22.9 Å². The number of hydrogen-bond acceptors (Lipinski definition) is 6. The highest BCUT2D eigenvalue weighted by molar-refractivity contribution is 7.89. The number of ether oxygens (including phenoxy) is 1. The topological polar surface area (TPSA) is 128 Å². The number of hydrogen-bond donors (Lipinski definition) is 2. The van der Waals surface area contributed by atoms with Gasteiger partial charge in [-0.2, -0.15) is 0 Å². The molecule has 0 unspecified atom stereocenters. The second kappa shape index (κ2) is 9.48. The Morgan fingerprint density at radius 3 is 2.41 bits per heavy atom. The zero-order valence-electron chi connectivity index (χ0n) is 16.3. The van der Waals surface area contributed by atoms with Crippen molar-refractivity contribution in [1.82, 2.24) is 4.72 Å². The van der Waals surface area contributed by atoms with Crippen molar-refractivity contribution in [1.29, 1.82) is 0 Å². The highest BCUT2D eigenvalue weighted by Crippen LogP contribution is 2.22. The molecular weight excluding hydrogens is 398 g/mol. The number of carbonyl (C=O) groups excluding carboxylic acids is 1. The lowest BCUT2D eigenvalue weighted by molar-refractivity contribution is -0.384. The molecule has 0 spiro atoms. The van der Waals surface area contributed by atoms with Gasteiger partial charge in [0.25, 0.3) is 11.6 Å². The number of sulfonamides is 1. The first-order valence-corrected chi connectivity index (χ1v) is 10.3. The van der Waals surface area contributed by atoms with Gasteiger partial charge in [-0.05, 0) is 42.7 Å². The van der Waals surface area contributed by atoms with E-state index in [-0.39, 0.29) is 23.1 Å². The third-order valence-electron chi connectivity index (χ3n) is 3.89. The number of amides is 1. The maximum Gasteiger partial charge on any atom is 0.271 e. The average Bonchev–Trinajstić information content (AvgIpc) is 2.67. The molecule has 0 saturated heterocycles. The summed E-state index contributed by atoms with van der Waals surface area (Å²) < 4.78 is 32.2. The molecule has 0 atom stereocenters. The summed E-state index contributed by atoms with van der Waals surface area (Å²) in [5, 5.41) is 13.4. The summed E-state index contributed by atoms with van der Waals surface area (Å²) >= 11 is 0. The first-order valence-electron chi connectivity index (χ1n) is 8.86. The minimum Gasteiger partial charge on any atom is -0.484 e. The summed E-state index contributed by atoms with van der Waals surface area (Å²) in [5.74, 6) is 0.00296. The summed E-state index contributed by atoms with van der Waals surface area (Å²) in [7, 11) is -3.60. The van der Waals surface area contributed by atoms with Crippen LogP contribution in [-0.2, 0) is 14.8 Å².